The standard InChI is InChI=1S/C24H26N6O4/c1-14(2)13-29-22-16(3-6-19(31)28-10-8-15-7-9-25-12-18(15)28)11-26-30(22)24(34)20(23(29)33)21(32)27-17-4-5-17/h3,6-7,9,11-12,14,17,33H,4-5,8,10,13H2,1-2H3,(H,27,32)/b6-3+. The molecule has 0 radical (unpaired) electrons. The smallest absolute Gasteiger partial charge is 0.291 e. The van der Waals surface area contributed by atoms with E-state index in [0.29, 0.717) is 24.3 Å². The number of hydrogen-bond donors (Lipinski definition) is 2. The van der Waals surface area contributed by atoms with E-state index in [2.05, 4.69) is 15.4 Å². The van der Waals surface area contributed by atoms with E-state index in [-0.39, 0.29) is 23.4 Å². The van der Waals surface area contributed by atoms with Gasteiger partial charge in [-0.15, -0.1) is 0 Å². The first-order valence-electron chi connectivity index (χ1n) is 11.4. The Labute approximate surface area is 195 Å². The zero-order chi connectivity index (χ0) is 24.0. The highest BCUT2D eigenvalue weighted by atomic mass is 16.3. The lowest BCUT2D eigenvalue weighted by molar-refractivity contribution is -0.114. The van der Waals surface area contributed by atoms with Crippen LogP contribution < -0.4 is 15.8 Å². The average Bonchev–Trinajstić information content (AvgIpc) is 3.34. The van der Waals surface area contributed by atoms with Crippen molar-refractivity contribution in [1.29, 1.82) is 0 Å². The van der Waals surface area contributed by atoms with Crippen molar-refractivity contribution in [1.82, 2.24) is 24.5 Å². The molecule has 0 spiro atoms. The van der Waals surface area contributed by atoms with Crippen LogP contribution >= 0.6 is 0 Å². The van der Waals surface area contributed by atoms with E-state index in [1.54, 1.807) is 23.4 Å². The molecule has 10 heteroatoms. The normalized spacial score (nSPS) is 15.4. The topological polar surface area (TPSA) is 122 Å². The van der Waals surface area contributed by atoms with Gasteiger partial charge in [0.1, 0.15) is 5.65 Å². The van der Waals surface area contributed by atoms with Gasteiger partial charge < -0.3 is 15.3 Å². The van der Waals surface area contributed by atoms with Gasteiger partial charge in [-0.2, -0.15) is 9.61 Å². The fraction of sp³-hybridized carbons (Fsp3) is 0.375. The summed E-state index contributed by atoms with van der Waals surface area (Å²) in [6.07, 6.45) is 10.3. The Hall–Kier alpha value is -3.95. The van der Waals surface area contributed by atoms with E-state index < -0.39 is 17.3 Å². The van der Waals surface area contributed by atoms with E-state index >= 15 is 0 Å². The van der Waals surface area contributed by atoms with Gasteiger partial charge in [-0.3, -0.25) is 23.9 Å². The minimum absolute atomic E-state index is 0.0357. The third-order valence-electron chi connectivity index (χ3n) is 6.05. The van der Waals surface area contributed by atoms with E-state index in [1.807, 2.05) is 19.9 Å². The highest BCUT2D eigenvalue weighted by Crippen LogP contribution is 2.27. The summed E-state index contributed by atoms with van der Waals surface area (Å²) >= 11 is 0. The Balaban J connectivity index is 1.54. The summed E-state index contributed by atoms with van der Waals surface area (Å²) in [6.45, 7) is 4.85. The Kier molecular flexibility index (Phi) is 5.43. The van der Waals surface area contributed by atoms with Crippen molar-refractivity contribution in [3.05, 3.63) is 57.8 Å². The lowest BCUT2D eigenvalue weighted by atomic mass is 10.2. The molecule has 2 aliphatic rings. The van der Waals surface area contributed by atoms with Gasteiger partial charge in [-0.05, 0) is 42.9 Å². The molecule has 0 saturated heterocycles. The van der Waals surface area contributed by atoms with Gasteiger partial charge in [0.25, 0.3) is 17.4 Å². The molecular weight excluding hydrogens is 436 g/mol. The van der Waals surface area contributed by atoms with Crippen molar-refractivity contribution in [3.63, 3.8) is 0 Å². The van der Waals surface area contributed by atoms with Crippen molar-refractivity contribution in [2.45, 2.75) is 45.7 Å². The summed E-state index contributed by atoms with van der Waals surface area (Å²) in [5.74, 6) is -1.11. The van der Waals surface area contributed by atoms with Crippen LogP contribution in [0.15, 0.2) is 35.5 Å². The van der Waals surface area contributed by atoms with Crippen LogP contribution in [0.5, 0.6) is 5.88 Å². The monoisotopic (exact) mass is 462 g/mol. The first-order chi connectivity index (χ1) is 16.3. The molecule has 4 heterocycles. The van der Waals surface area contributed by atoms with Crippen LogP contribution in [-0.4, -0.2) is 48.7 Å². The van der Waals surface area contributed by atoms with Crippen molar-refractivity contribution in [2.75, 3.05) is 11.4 Å². The largest absolute Gasteiger partial charge is 0.494 e. The van der Waals surface area contributed by atoms with Crippen LogP contribution in [0.3, 0.4) is 0 Å². The van der Waals surface area contributed by atoms with Gasteiger partial charge in [-0.1, -0.05) is 13.8 Å². The number of rotatable bonds is 6. The van der Waals surface area contributed by atoms with Gasteiger partial charge in [0.15, 0.2) is 5.56 Å². The van der Waals surface area contributed by atoms with Crippen LogP contribution in [0.2, 0.25) is 0 Å². The number of carbonyl (C=O) groups excluding carboxylic acids is 2. The molecule has 5 rings (SSSR count). The predicted octanol–water partition coefficient (Wildman–Crippen LogP) is 1.75. The Bertz CT molecular complexity index is 1380. The van der Waals surface area contributed by atoms with Crippen LogP contribution in [0.1, 0.15) is 48.2 Å². The van der Waals surface area contributed by atoms with Gasteiger partial charge in [0, 0.05) is 37.0 Å². The van der Waals surface area contributed by atoms with Crippen LogP contribution in [0.4, 0.5) is 5.69 Å². The second kappa shape index (κ2) is 8.44. The molecule has 0 bridgehead atoms. The molecule has 3 aromatic heterocycles. The second-order valence-electron chi connectivity index (χ2n) is 9.17. The molecule has 0 unspecified atom stereocenters. The van der Waals surface area contributed by atoms with Gasteiger partial charge >= 0.3 is 0 Å². The van der Waals surface area contributed by atoms with Crippen LogP contribution in [0, 0.1) is 5.92 Å². The number of carbonyl (C=O) groups is 2. The minimum Gasteiger partial charge on any atom is -0.494 e. The van der Waals surface area contributed by atoms with Crippen molar-refractivity contribution in [2.24, 2.45) is 5.92 Å². The number of anilines is 1. The number of aromatic nitrogens is 4. The average molecular weight is 463 g/mol. The minimum atomic E-state index is -0.698. The SMILES string of the molecule is CC(C)Cn1c(O)c(C(=O)NC2CC2)c(=O)n2ncc(/C=C/C(=O)N3CCc4ccncc43)c12. The zero-order valence-electron chi connectivity index (χ0n) is 19.1. The quantitative estimate of drug-likeness (QED) is 0.538. The third kappa shape index (κ3) is 3.85. The molecule has 2 N–H and O–H groups in total. The van der Waals surface area contributed by atoms with E-state index in [9.17, 15) is 19.5 Å². The summed E-state index contributed by atoms with van der Waals surface area (Å²) in [6, 6.07) is 1.94. The molecule has 1 saturated carbocycles. The number of pyridine rings is 1. The molecule has 3 aromatic rings. The summed E-state index contributed by atoms with van der Waals surface area (Å²) in [7, 11) is 0. The predicted molar refractivity (Wildman–Crippen MR) is 126 cm³/mol. The lowest BCUT2D eigenvalue weighted by Gasteiger charge is -2.17. The van der Waals surface area contributed by atoms with Crippen molar-refractivity contribution >= 4 is 29.2 Å². The third-order valence-corrected chi connectivity index (χ3v) is 6.05. The summed E-state index contributed by atoms with van der Waals surface area (Å²) in [5.41, 5.74) is 1.65. The number of hydrogen-bond acceptors (Lipinski definition) is 6. The van der Waals surface area contributed by atoms with Gasteiger partial charge in [-0.25, -0.2) is 0 Å². The Morgan fingerprint density at radius 1 is 1.29 bits per heavy atom. The van der Waals surface area contributed by atoms with Crippen LogP contribution in [-0.2, 0) is 17.8 Å². The molecule has 1 aliphatic heterocycles. The molecule has 176 valence electrons. The number of nitrogens with one attached hydrogen (secondary N) is 1. The van der Waals surface area contributed by atoms with E-state index in [0.717, 1.165) is 35.0 Å². The molecule has 0 atom stereocenters. The molecular formula is C24H26N6O4. The summed E-state index contributed by atoms with van der Waals surface area (Å²) in [4.78, 5) is 44.5. The highest BCUT2D eigenvalue weighted by molar-refractivity contribution is 6.05. The number of fused-ring (bicyclic) bond motifs is 2. The Morgan fingerprint density at radius 3 is 2.82 bits per heavy atom. The van der Waals surface area contributed by atoms with Crippen LogP contribution in [0.25, 0.3) is 11.7 Å². The van der Waals surface area contributed by atoms with Crippen molar-refractivity contribution < 1.29 is 14.7 Å². The number of nitrogens with zero attached hydrogens (tertiary/aromatic N) is 5. The summed E-state index contributed by atoms with van der Waals surface area (Å²) < 4.78 is 2.63. The maximum atomic E-state index is 13.1. The molecule has 34 heavy (non-hydrogen) atoms. The fourth-order valence-electron chi connectivity index (χ4n) is 4.25. The maximum Gasteiger partial charge on any atom is 0.291 e. The van der Waals surface area contributed by atoms with Crippen molar-refractivity contribution in [3.8, 4) is 5.88 Å². The maximum absolute atomic E-state index is 13.1. The van der Waals surface area contributed by atoms with Gasteiger partial charge in [0.2, 0.25) is 5.88 Å². The molecule has 0 aromatic carbocycles. The summed E-state index contributed by atoms with van der Waals surface area (Å²) in [5, 5.41) is 17.9. The Morgan fingerprint density at radius 2 is 2.09 bits per heavy atom. The fourth-order valence-corrected chi connectivity index (χ4v) is 4.25. The number of aromatic hydroxyl groups is 1. The van der Waals surface area contributed by atoms with E-state index in [1.165, 1.54) is 16.8 Å². The zero-order valence-corrected chi connectivity index (χ0v) is 19.1. The molecule has 1 fully saturated rings. The highest BCUT2D eigenvalue weighted by Gasteiger charge is 2.30. The molecule has 10 nitrogen and oxygen atoms in total. The molecule has 1 aliphatic carbocycles. The van der Waals surface area contributed by atoms with E-state index in [4.69, 9.17) is 0 Å². The number of amides is 2. The molecule has 2 amide bonds. The first-order valence-corrected chi connectivity index (χ1v) is 11.4. The van der Waals surface area contributed by atoms with Gasteiger partial charge in [0.05, 0.1) is 18.1 Å². The second-order valence-corrected chi connectivity index (χ2v) is 9.17. The first kappa shape index (κ1) is 21.9. The lowest BCUT2D eigenvalue weighted by Crippen LogP contribution is -2.34.